The minimum atomic E-state index is -0.382. The number of rotatable bonds is 7. The molecule has 0 aliphatic heterocycles. The number of urea groups is 1. The van der Waals surface area contributed by atoms with Gasteiger partial charge in [-0.25, -0.2) is 4.79 Å². The molecule has 0 radical (unpaired) electrons. The van der Waals surface area contributed by atoms with E-state index in [4.69, 9.17) is 21.1 Å². The minimum Gasteiger partial charge on any atom is -0.488 e. The molecular weight excluding hydrogens is 468 g/mol. The van der Waals surface area contributed by atoms with Gasteiger partial charge in [0.1, 0.15) is 23.9 Å². The van der Waals surface area contributed by atoms with E-state index in [1.165, 1.54) is 7.05 Å². The van der Waals surface area contributed by atoms with Crippen molar-refractivity contribution in [1.29, 1.82) is 0 Å². The highest BCUT2D eigenvalue weighted by Gasteiger charge is 2.17. The lowest BCUT2D eigenvalue weighted by molar-refractivity contribution is 0.0958. The van der Waals surface area contributed by atoms with Gasteiger partial charge in [-0.1, -0.05) is 41.9 Å². The third-order valence-corrected chi connectivity index (χ3v) is 5.47. The Morgan fingerprint density at radius 3 is 2.46 bits per heavy atom. The van der Waals surface area contributed by atoms with Gasteiger partial charge in [-0.15, -0.1) is 0 Å². The van der Waals surface area contributed by atoms with E-state index < -0.39 is 0 Å². The zero-order chi connectivity index (χ0) is 24.8. The Balaban J connectivity index is 1.66. The smallest absolute Gasteiger partial charge is 0.319 e. The molecule has 0 saturated heterocycles. The van der Waals surface area contributed by atoms with Crippen LogP contribution in [0.25, 0.3) is 10.9 Å². The van der Waals surface area contributed by atoms with Crippen LogP contribution in [0.5, 0.6) is 17.2 Å². The number of ether oxygens (including phenoxy) is 2. The standard InChI is InChI=1S/C26H23ClN4O4/c1-28-25(32)19-13-18-22(14-24(19)34-15-16-6-4-3-5-7-16)30-11-10-23(18)35-17-8-9-21(20(27)12-17)31-26(33)29-2/h3-14H,15H2,1-2H3,(H,28,32)(H2,29,31,33). The first-order chi connectivity index (χ1) is 17.0. The molecule has 3 aromatic carbocycles. The predicted molar refractivity (Wildman–Crippen MR) is 136 cm³/mol. The summed E-state index contributed by atoms with van der Waals surface area (Å²) in [5.74, 6) is 1.06. The van der Waals surface area contributed by atoms with Crippen molar-refractivity contribution in [3.05, 3.63) is 89.1 Å². The van der Waals surface area contributed by atoms with E-state index >= 15 is 0 Å². The average Bonchev–Trinajstić information content (AvgIpc) is 2.88. The molecule has 4 rings (SSSR count). The van der Waals surface area contributed by atoms with Gasteiger partial charge in [0, 0.05) is 37.8 Å². The van der Waals surface area contributed by atoms with Crippen molar-refractivity contribution in [1.82, 2.24) is 15.6 Å². The van der Waals surface area contributed by atoms with E-state index in [1.54, 1.807) is 49.6 Å². The van der Waals surface area contributed by atoms with Crippen molar-refractivity contribution in [3.8, 4) is 17.2 Å². The Kier molecular flexibility index (Phi) is 7.32. The lowest BCUT2D eigenvalue weighted by atomic mass is 10.1. The van der Waals surface area contributed by atoms with E-state index in [1.807, 2.05) is 30.3 Å². The fourth-order valence-electron chi connectivity index (χ4n) is 3.38. The monoisotopic (exact) mass is 490 g/mol. The maximum atomic E-state index is 12.6. The number of amides is 3. The SMILES string of the molecule is CNC(=O)Nc1ccc(Oc2ccnc3cc(OCc4ccccc4)c(C(=O)NC)cc23)cc1Cl. The fraction of sp³-hybridized carbons (Fsp3) is 0.115. The number of carbonyl (C=O) groups excluding carboxylic acids is 2. The van der Waals surface area contributed by atoms with Crippen LogP contribution in [0.3, 0.4) is 0 Å². The molecule has 0 bridgehead atoms. The van der Waals surface area contributed by atoms with Crippen LogP contribution in [0.15, 0.2) is 72.9 Å². The van der Waals surface area contributed by atoms with Crippen LogP contribution in [0.2, 0.25) is 5.02 Å². The molecule has 4 aromatic rings. The highest BCUT2D eigenvalue weighted by Crippen LogP contribution is 2.35. The van der Waals surface area contributed by atoms with Crippen molar-refractivity contribution in [2.24, 2.45) is 0 Å². The van der Waals surface area contributed by atoms with Crippen molar-refractivity contribution in [2.75, 3.05) is 19.4 Å². The van der Waals surface area contributed by atoms with Crippen molar-refractivity contribution in [2.45, 2.75) is 6.61 Å². The van der Waals surface area contributed by atoms with E-state index in [0.717, 1.165) is 5.56 Å². The summed E-state index contributed by atoms with van der Waals surface area (Å²) in [4.78, 5) is 28.6. The number of anilines is 1. The second-order valence-electron chi connectivity index (χ2n) is 7.48. The highest BCUT2D eigenvalue weighted by atomic mass is 35.5. The van der Waals surface area contributed by atoms with Crippen LogP contribution in [0, 0.1) is 0 Å². The lowest BCUT2D eigenvalue weighted by Crippen LogP contribution is -2.24. The number of nitrogens with zero attached hydrogens (tertiary/aromatic N) is 1. The molecule has 0 spiro atoms. The third-order valence-electron chi connectivity index (χ3n) is 5.16. The highest BCUT2D eigenvalue weighted by molar-refractivity contribution is 6.33. The van der Waals surface area contributed by atoms with Crippen LogP contribution >= 0.6 is 11.6 Å². The number of fused-ring (bicyclic) bond motifs is 1. The number of pyridine rings is 1. The van der Waals surface area contributed by atoms with Crippen LogP contribution in [0.4, 0.5) is 10.5 Å². The molecular formula is C26H23ClN4O4. The predicted octanol–water partition coefficient (Wildman–Crippen LogP) is 5.37. The maximum absolute atomic E-state index is 12.6. The molecule has 0 atom stereocenters. The molecule has 0 aliphatic rings. The normalized spacial score (nSPS) is 10.5. The van der Waals surface area contributed by atoms with Gasteiger partial charge >= 0.3 is 6.03 Å². The number of carbonyl (C=O) groups is 2. The summed E-state index contributed by atoms with van der Waals surface area (Å²) in [5.41, 5.74) is 2.38. The van der Waals surface area contributed by atoms with Gasteiger partial charge in [0.05, 0.1) is 21.8 Å². The van der Waals surface area contributed by atoms with Gasteiger partial charge in [0.2, 0.25) is 0 Å². The molecule has 0 fully saturated rings. The summed E-state index contributed by atoms with van der Waals surface area (Å²) >= 11 is 6.30. The number of nitrogens with one attached hydrogen (secondary N) is 3. The molecule has 9 heteroatoms. The fourth-order valence-corrected chi connectivity index (χ4v) is 3.59. The van der Waals surface area contributed by atoms with E-state index in [9.17, 15) is 9.59 Å². The van der Waals surface area contributed by atoms with Gasteiger partial charge in [-0.3, -0.25) is 9.78 Å². The summed E-state index contributed by atoms with van der Waals surface area (Å²) in [6.45, 7) is 0.307. The molecule has 0 aliphatic carbocycles. The van der Waals surface area contributed by atoms with Crippen molar-refractivity contribution < 1.29 is 19.1 Å². The zero-order valence-corrected chi connectivity index (χ0v) is 19.8. The first kappa shape index (κ1) is 23.8. The number of hydrogen-bond acceptors (Lipinski definition) is 5. The Morgan fingerprint density at radius 2 is 1.74 bits per heavy atom. The molecule has 8 nitrogen and oxygen atoms in total. The van der Waals surface area contributed by atoms with E-state index in [0.29, 0.717) is 51.0 Å². The van der Waals surface area contributed by atoms with Crippen molar-refractivity contribution >= 4 is 40.1 Å². The van der Waals surface area contributed by atoms with Gasteiger partial charge in [0.15, 0.2) is 0 Å². The molecule has 1 heterocycles. The van der Waals surface area contributed by atoms with Crippen LogP contribution < -0.4 is 25.4 Å². The van der Waals surface area contributed by atoms with Crippen LogP contribution in [-0.2, 0) is 6.61 Å². The quantitative estimate of drug-likeness (QED) is 0.323. The minimum absolute atomic E-state index is 0.294. The molecule has 1 aromatic heterocycles. The second kappa shape index (κ2) is 10.8. The molecule has 35 heavy (non-hydrogen) atoms. The maximum Gasteiger partial charge on any atom is 0.319 e. The van der Waals surface area contributed by atoms with Gasteiger partial charge in [-0.2, -0.15) is 0 Å². The van der Waals surface area contributed by atoms with Gasteiger partial charge in [-0.05, 0) is 29.8 Å². The summed E-state index contributed by atoms with van der Waals surface area (Å²) in [7, 11) is 3.07. The Labute approximate surface area is 207 Å². The van der Waals surface area contributed by atoms with Crippen LogP contribution in [0.1, 0.15) is 15.9 Å². The Bertz CT molecular complexity index is 1380. The second-order valence-corrected chi connectivity index (χ2v) is 7.88. The topological polar surface area (TPSA) is 102 Å². The zero-order valence-electron chi connectivity index (χ0n) is 19.1. The Morgan fingerprint density at radius 1 is 0.943 bits per heavy atom. The Hall–Kier alpha value is -4.30. The molecule has 178 valence electrons. The van der Waals surface area contributed by atoms with E-state index in [2.05, 4.69) is 20.9 Å². The summed E-state index contributed by atoms with van der Waals surface area (Å²) in [6.07, 6.45) is 1.61. The molecule has 3 N–H and O–H groups in total. The van der Waals surface area contributed by atoms with Gasteiger partial charge < -0.3 is 25.4 Å². The summed E-state index contributed by atoms with van der Waals surface area (Å²) in [6, 6.07) is 19.3. The summed E-state index contributed by atoms with van der Waals surface area (Å²) < 4.78 is 12.1. The molecule has 0 unspecified atom stereocenters. The number of halogens is 1. The largest absolute Gasteiger partial charge is 0.488 e. The third kappa shape index (κ3) is 5.62. The number of benzene rings is 3. The van der Waals surface area contributed by atoms with Crippen molar-refractivity contribution in [3.63, 3.8) is 0 Å². The first-order valence-corrected chi connectivity index (χ1v) is 11.1. The lowest BCUT2D eigenvalue weighted by Gasteiger charge is -2.15. The molecule has 0 saturated carbocycles. The van der Waals surface area contributed by atoms with Crippen LogP contribution in [-0.4, -0.2) is 31.0 Å². The first-order valence-electron chi connectivity index (χ1n) is 10.8. The van der Waals surface area contributed by atoms with E-state index in [-0.39, 0.29) is 11.9 Å². The summed E-state index contributed by atoms with van der Waals surface area (Å²) in [5, 5.41) is 8.69. The number of hydrogen-bond donors (Lipinski definition) is 3. The molecule has 3 amide bonds. The van der Waals surface area contributed by atoms with Gasteiger partial charge in [0.25, 0.3) is 5.91 Å². The number of aromatic nitrogens is 1. The average molecular weight is 491 g/mol.